The number of hydrogen-bond donors (Lipinski definition) is 2. The highest BCUT2D eigenvalue weighted by Crippen LogP contribution is 2.06. The number of piperidine rings is 1. The fourth-order valence-electron chi connectivity index (χ4n) is 1.50. The Morgan fingerprint density at radius 2 is 2.36 bits per heavy atom. The van der Waals surface area contributed by atoms with Crippen molar-refractivity contribution in [3.8, 4) is 0 Å². The molecule has 0 aromatic heterocycles. The summed E-state index contributed by atoms with van der Waals surface area (Å²) in [4.78, 5) is 10.2. The van der Waals surface area contributed by atoms with Crippen molar-refractivity contribution in [2.75, 3.05) is 32.8 Å². The number of amides is 1. The van der Waals surface area contributed by atoms with Crippen molar-refractivity contribution in [3.05, 3.63) is 0 Å². The molecule has 2 aliphatic heterocycles. The number of carbonyl (C=O) groups is 1. The summed E-state index contributed by atoms with van der Waals surface area (Å²) in [7, 11) is 0. The number of morpholine rings is 1. The van der Waals surface area contributed by atoms with E-state index in [4.69, 9.17) is 4.74 Å². The lowest BCUT2D eigenvalue weighted by molar-refractivity contribution is -0.128. The van der Waals surface area contributed by atoms with Gasteiger partial charge >= 0.3 is 0 Å². The van der Waals surface area contributed by atoms with Gasteiger partial charge in [0.1, 0.15) is 6.61 Å². The standard InChI is InChI=1S/C6H13N.C4H7NO2.H2/c1-6-3-2-4-7-5-6;6-4-3-7-2-1-5-4;/h6-7H,2-5H2,1H3;1-3H2,(H,5,6);1H. The van der Waals surface area contributed by atoms with E-state index in [-0.39, 0.29) is 13.9 Å². The molecular weight excluding hydrogens is 180 g/mol. The van der Waals surface area contributed by atoms with Crippen molar-refractivity contribution in [3.63, 3.8) is 0 Å². The molecule has 1 amide bonds. The fourth-order valence-corrected chi connectivity index (χ4v) is 1.50. The maximum absolute atomic E-state index is 10.2. The summed E-state index contributed by atoms with van der Waals surface area (Å²) in [5.74, 6) is 0.917. The van der Waals surface area contributed by atoms with Gasteiger partial charge in [-0.1, -0.05) is 6.92 Å². The zero-order valence-corrected chi connectivity index (χ0v) is 8.84. The average Bonchev–Trinajstić information content (AvgIpc) is 2.21. The Hall–Kier alpha value is -0.610. The Morgan fingerprint density at radius 3 is 2.64 bits per heavy atom. The van der Waals surface area contributed by atoms with Crippen LogP contribution < -0.4 is 10.6 Å². The molecule has 0 spiro atoms. The van der Waals surface area contributed by atoms with Gasteiger partial charge < -0.3 is 15.4 Å². The first kappa shape index (κ1) is 11.5. The molecule has 0 radical (unpaired) electrons. The zero-order valence-electron chi connectivity index (χ0n) is 8.84. The first-order chi connectivity index (χ1) is 6.79. The molecule has 0 aromatic carbocycles. The minimum atomic E-state index is -0.00810. The highest BCUT2D eigenvalue weighted by Gasteiger charge is 2.05. The van der Waals surface area contributed by atoms with E-state index >= 15 is 0 Å². The zero-order chi connectivity index (χ0) is 10.2. The third-order valence-electron chi connectivity index (χ3n) is 2.35. The lowest BCUT2D eigenvalue weighted by atomic mass is 10.0. The molecule has 2 heterocycles. The highest BCUT2D eigenvalue weighted by molar-refractivity contribution is 5.77. The molecule has 0 bridgehead atoms. The summed E-state index contributed by atoms with van der Waals surface area (Å²) >= 11 is 0. The molecule has 0 aliphatic carbocycles. The topological polar surface area (TPSA) is 50.4 Å². The van der Waals surface area contributed by atoms with Gasteiger partial charge in [0.05, 0.1) is 6.61 Å². The van der Waals surface area contributed by atoms with Gasteiger partial charge in [-0.3, -0.25) is 4.79 Å². The van der Waals surface area contributed by atoms with Gasteiger partial charge in [-0.25, -0.2) is 0 Å². The van der Waals surface area contributed by atoms with E-state index in [2.05, 4.69) is 17.6 Å². The van der Waals surface area contributed by atoms with Crippen molar-refractivity contribution in [1.29, 1.82) is 0 Å². The molecule has 0 saturated carbocycles. The maximum Gasteiger partial charge on any atom is 0.246 e. The van der Waals surface area contributed by atoms with E-state index in [0.29, 0.717) is 13.2 Å². The van der Waals surface area contributed by atoms with Crippen LogP contribution in [-0.2, 0) is 9.53 Å². The Balaban J connectivity index is 0.000000245. The summed E-state index contributed by atoms with van der Waals surface area (Å²) in [5, 5.41) is 5.95. The van der Waals surface area contributed by atoms with Crippen LogP contribution in [0.4, 0.5) is 0 Å². The number of carbonyl (C=O) groups excluding carboxylic acids is 1. The van der Waals surface area contributed by atoms with E-state index in [1.165, 1.54) is 25.9 Å². The molecule has 2 rings (SSSR count). The molecular formula is C10H22N2O2. The Bertz CT molecular complexity index is 165. The van der Waals surface area contributed by atoms with Crippen LogP contribution in [0.15, 0.2) is 0 Å². The van der Waals surface area contributed by atoms with Gasteiger partial charge in [-0.05, 0) is 31.8 Å². The van der Waals surface area contributed by atoms with Gasteiger partial charge in [0.2, 0.25) is 5.91 Å². The highest BCUT2D eigenvalue weighted by atomic mass is 16.5. The number of nitrogens with one attached hydrogen (secondary N) is 2. The Morgan fingerprint density at radius 1 is 1.50 bits per heavy atom. The first-order valence-electron chi connectivity index (χ1n) is 5.34. The summed E-state index contributed by atoms with van der Waals surface area (Å²) < 4.78 is 4.77. The van der Waals surface area contributed by atoms with Crippen LogP contribution >= 0.6 is 0 Å². The van der Waals surface area contributed by atoms with Crippen LogP contribution in [0.2, 0.25) is 0 Å². The maximum atomic E-state index is 10.2. The van der Waals surface area contributed by atoms with Gasteiger partial charge in [-0.15, -0.1) is 0 Å². The lowest BCUT2D eigenvalue weighted by Crippen LogP contribution is -2.36. The van der Waals surface area contributed by atoms with Gasteiger partial charge in [0.15, 0.2) is 0 Å². The molecule has 4 nitrogen and oxygen atoms in total. The van der Waals surface area contributed by atoms with Crippen molar-refractivity contribution in [1.82, 2.24) is 10.6 Å². The molecule has 1 unspecified atom stereocenters. The van der Waals surface area contributed by atoms with E-state index in [9.17, 15) is 4.79 Å². The number of rotatable bonds is 0. The van der Waals surface area contributed by atoms with E-state index in [0.717, 1.165) is 5.92 Å². The fraction of sp³-hybridized carbons (Fsp3) is 0.900. The van der Waals surface area contributed by atoms with Gasteiger partial charge in [0, 0.05) is 7.97 Å². The van der Waals surface area contributed by atoms with Crippen molar-refractivity contribution in [2.24, 2.45) is 5.92 Å². The molecule has 2 aliphatic rings. The summed E-state index contributed by atoms with van der Waals surface area (Å²) in [6.45, 7) is 6.33. The molecule has 4 heteroatoms. The first-order valence-corrected chi connectivity index (χ1v) is 5.34. The van der Waals surface area contributed by atoms with Crippen LogP contribution in [0.3, 0.4) is 0 Å². The second-order valence-corrected chi connectivity index (χ2v) is 3.85. The van der Waals surface area contributed by atoms with Gasteiger partial charge in [0.25, 0.3) is 0 Å². The van der Waals surface area contributed by atoms with E-state index < -0.39 is 0 Å². The van der Waals surface area contributed by atoms with Crippen molar-refractivity contribution in [2.45, 2.75) is 19.8 Å². The lowest BCUT2D eigenvalue weighted by Gasteiger charge is -2.17. The molecule has 14 heavy (non-hydrogen) atoms. The van der Waals surface area contributed by atoms with Gasteiger partial charge in [-0.2, -0.15) is 0 Å². The predicted octanol–water partition coefficient (Wildman–Crippen LogP) is 0.385. The SMILES string of the molecule is CC1CCCNC1.O=C1COCCN1.[HH]. The Kier molecular flexibility index (Phi) is 5.56. The van der Waals surface area contributed by atoms with E-state index in [1.54, 1.807) is 0 Å². The molecule has 2 saturated heterocycles. The van der Waals surface area contributed by atoms with Crippen LogP contribution in [0.25, 0.3) is 0 Å². The smallest absolute Gasteiger partial charge is 0.246 e. The summed E-state index contributed by atoms with van der Waals surface area (Å²) in [6, 6.07) is 0. The van der Waals surface area contributed by atoms with Crippen molar-refractivity contribution < 1.29 is 11.0 Å². The largest absolute Gasteiger partial charge is 0.370 e. The third kappa shape index (κ3) is 5.19. The minimum absolute atomic E-state index is 0. The van der Waals surface area contributed by atoms with Crippen LogP contribution in [0.1, 0.15) is 21.2 Å². The molecule has 2 fully saturated rings. The summed E-state index contributed by atoms with van der Waals surface area (Å²) in [5.41, 5.74) is 0. The monoisotopic (exact) mass is 202 g/mol. The minimum Gasteiger partial charge on any atom is -0.370 e. The third-order valence-corrected chi connectivity index (χ3v) is 2.35. The molecule has 84 valence electrons. The van der Waals surface area contributed by atoms with Crippen LogP contribution in [0.5, 0.6) is 0 Å². The quantitative estimate of drug-likeness (QED) is 0.597. The second-order valence-electron chi connectivity index (χ2n) is 3.85. The number of ether oxygens (including phenoxy) is 1. The molecule has 0 aromatic rings. The van der Waals surface area contributed by atoms with Crippen LogP contribution in [-0.4, -0.2) is 38.8 Å². The van der Waals surface area contributed by atoms with Crippen LogP contribution in [0, 0.1) is 5.92 Å². The average molecular weight is 202 g/mol. The van der Waals surface area contributed by atoms with Crippen molar-refractivity contribution >= 4 is 5.91 Å². The normalized spacial score (nSPS) is 27.2. The molecule has 2 N–H and O–H groups in total. The summed E-state index contributed by atoms with van der Waals surface area (Å²) in [6.07, 6.45) is 2.80. The molecule has 1 atom stereocenters. The van der Waals surface area contributed by atoms with E-state index in [1.807, 2.05) is 0 Å². The predicted molar refractivity (Wildman–Crippen MR) is 57.2 cm³/mol. The number of hydrogen-bond acceptors (Lipinski definition) is 3. The second kappa shape index (κ2) is 6.79. The Labute approximate surface area is 86.9 Å².